The van der Waals surface area contributed by atoms with Crippen LogP contribution < -0.4 is 0 Å². The normalized spacial score (nSPS) is 11.2. The summed E-state index contributed by atoms with van der Waals surface area (Å²) in [4.78, 5) is 4.03. The summed E-state index contributed by atoms with van der Waals surface area (Å²) in [5.41, 5.74) is 0.309. The van der Waals surface area contributed by atoms with Gasteiger partial charge in [0.25, 0.3) is 0 Å². The summed E-state index contributed by atoms with van der Waals surface area (Å²) in [5, 5.41) is 29.0. The highest BCUT2D eigenvalue weighted by Gasteiger charge is 2.07. The van der Waals surface area contributed by atoms with Crippen molar-refractivity contribution in [1.82, 2.24) is 4.98 Å². The predicted molar refractivity (Wildman–Crippen MR) is 75.7 cm³/mol. The molecule has 0 saturated carbocycles. The van der Waals surface area contributed by atoms with Crippen molar-refractivity contribution in [3.63, 3.8) is 0 Å². The van der Waals surface area contributed by atoms with Crippen LogP contribution >= 0.6 is 0 Å². The summed E-state index contributed by atoms with van der Waals surface area (Å²) < 4.78 is 0. The topological polar surface area (TPSA) is 78.1 Å². The zero-order valence-electron chi connectivity index (χ0n) is 10.4. The highest BCUT2D eigenvalue weighted by molar-refractivity contribution is 5.96. The zero-order valence-corrected chi connectivity index (χ0v) is 10.4. The summed E-state index contributed by atoms with van der Waals surface area (Å²) in [5.74, 6) is 0.559. The minimum Gasteiger partial charge on any atom is -0.508 e. The van der Waals surface area contributed by atoms with Gasteiger partial charge < -0.3 is 10.2 Å². The van der Waals surface area contributed by atoms with E-state index >= 15 is 0 Å². The van der Waals surface area contributed by atoms with E-state index in [0.29, 0.717) is 16.9 Å². The van der Waals surface area contributed by atoms with E-state index in [1.54, 1.807) is 54.7 Å². The monoisotopic (exact) mass is 265 g/mol. The van der Waals surface area contributed by atoms with Gasteiger partial charge in [0.2, 0.25) is 0 Å². The Labute approximate surface area is 114 Å². The number of phenols is 2. The number of aromatic hydroxyl groups is 2. The maximum Gasteiger partial charge on any atom is 0.174 e. The summed E-state index contributed by atoms with van der Waals surface area (Å²) >= 11 is 0. The molecule has 0 saturated heterocycles. The number of phenolic OH excluding ortho intramolecular Hbond substituents is 2. The van der Waals surface area contributed by atoms with E-state index in [1.807, 2.05) is 0 Å². The number of rotatable bonds is 2. The van der Waals surface area contributed by atoms with E-state index in [-0.39, 0.29) is 11.5 Å². The molecule has 5 nitrogen and oxygen atoms in total. The minimum absolute atomic E-state index is 0.00258. The molecule has 5 heteroatoms. The first-order valence-electron chi connectivity index (χ1n) is 6.01. The molecule has 0 aliphatic rings. The maximum atomic E-state index is 9.92. The van der Waals surface area contributed by atoms with Crippen LogP contribution in [0.1, 0.15) is 0 Å². The van der Waals surface area contributed by atoms with Crippen LogP contribution in [-0.2, 0) is 0 Å². The third-order valence-corrected chi connectivity index (χ3v) is 2.86. The van der Waals surface area contributed by atoms with Crippen LogP contribution in [0.4, 0.5) is 11.5 Å². The molecular weight excluding hydrogens is 254 g/mol. The van der Waals surface area contributed by atoms with E-state index < -0.39 is 0 Å². The Morgan fingerprint density at radius 2 is 1.75 bits per heavy atom. The third kappa shape index (κ3) is 2.29. The lowest BCUT2D eigenvalue weighted by Crippen LogP contribution is -1.76. The number of benzene rings is 2. The van der Waals surface area contributed by atoms with Gasteiger partial charge in [-0.05, 0) is 35.7 Å². The number of pyridine rings is 1. The molecule has 0 radical (unpaired) electrons. The molecule has 0 aliphatic heterocycles. The van der Waals surface area contributed by atoms with Gasteiger partial charge in [0, 0.05) is 11.6 Å². The molecule has 1 heterocycles. The molecule has 0 atom stereocenters. The lowest BCUT2D eigenvalue weighted by molar-refractivity contribution is 0.475. The number of hydrogen-bond donors (Lipinski definition) is 2. The van der Waals surface area contributed by atoms with E-state index in [9.17, 15) is 10.2 Å². The van der Waals surface area contributed by atoms with Crippen molar-refractivity contribution >= 4 is 22.3 Å². The number of nitrogens with zero attached hydrogens (tertiary/aromatic N) is 3. The molecule has 2 N–H and O–H groups in total. The van der Waals surface area contributed by atoms with Gasteiger partial charge in [0.1, 0.15) is 17.2 Å². The fraction of sp³-hybridized carbons (Fsp3) is 0. The molecule has 0 bridgehead atoms. The Morgan fingerprint density at radius 3 is 2.55 bits per heavy atom. The van der Waals surface area contributed by atoms with Crippen LogP contribution in [0.25, 0.3) is 10.8 Å². The van der Waals surface area contributed by atoms with Gasteiger partial charge in [0.05, 0.1) is 0 Å². The average molecular weight is 265 g/mol. The van der Waals surface area contributed by atoms with E-state index in [2.05, 4.69) is 15.2 Å². The second-order valence-corrected chi connectivity index (χ2v) is 4.23. The number of fused-ring (bicyclic) bond motifs is 1. The standard InChI is InChI=1S/C15H11N3O2/c19-11-6-4-10-5-7-13(20)15(12(10)9-11)18-17-14-3-1-2-8-16-14/h1-9,19-20H/b18-17+. The smallest absolute Gasteiger partial charge is 0.174 e. The first-order chi connectivity index (χ1) is 9.74. The Hall–Kier alpha value is -2.95. The average Bonchev–Trinajstić information content (AvgIpc) is 2.47. The van der Waals surface area contributed by atoms with Crippen molar-refractivity contribution in [2.24, 2.45) is 10.2 Å². The largest absolute Gasteiger partial charge is 0.508 e. The molecule has 98 valence electrons. The van der Waals surface area contributed by atoms with Gasteiger partial charge in [-0.15, -0.1) is 10.2 Å². The van der Waals surface area contributed by atoms with E-state index in [0.717, 1.165) is 5.39 Å². The van der Waals surface area contributed by atoms with Crippen molar-refractivity contribution in [1.29, 1.82) is 0 Å². The second-order valence-electron chi connectivity index (χ2n) is 4.23. The molecule has 0 spiro atoms. The van der Waals surface area contributed by atoms with Gasteiger partial charge >= 0.3 is 0 Å². The molecule has 0 amide bonds. The van der Waals surface area contributed by atoms with Crippen LogP contribution in [-0.4, -0.2) is 15.2 Å². The van der Waals surface area contributed by atoms with Crippen molar-refractivity contribution in [3.8, 4) is 11.5 Å². The predicted octanol–water partition coefficient (Wildman–Crippen LogP) is 4.06. The maximum absolute atomic E-state index is 9.92. The molecule has 3 aromatic rings. The van der Waals surface area contributed by atoms with Crippen LogP contribution in [0, 0.1) is 0 Å². The molecule has 0 fully saturated rings. The molecule has 0 unspecified atom stereocenters. The van der Waals surface area contributed by atoms with Crippen LogP contribution in [0.2, 0.25) is 0 Å². The van der Waals surface area contributed by atoms with Crippen molar-refractivity contribution in [2.75, 3.05) is 0 Å². The summed E-state index contributed by atoms with van der Waals surface area (Å²) in [7, 11) is 0. The number of hydrogen-bond acceptors (Lipinski definition) is 5. The zero-order chi connectivity index (χ0) is 13.9. The van der Waals surface area contributed by atoms with E-state index in [4.69, 9.17) is 0 Å². The molecule has 2 aromatic carbocycles. The molecule has 0 aliphatic carbocycles. The highest BCUT2D eigenvalue weighted by atomic mass is 16.3. The molecule has 20 heavy (non-hydrogen) atoms. The van der Waals surface area contributed by atoms with Crippen molar-refractivity contribution < 1.29 is 10.2 Å². The lowest BCUT2D eigenvalue weighted by Gasteiger charge is -2.04. The lowest BCUT2D eigenvalue weighted by atomic mass is 10.1. The summed E-state index contributed by atoms with van der Waals surface area (Å²) in [6.07, 6.45) is 1.61. The summed E-state index contributed by atoms with van der Waals surface area (Å²) in [6.45, 7) is 0. The van der Waals surface area contributed by atoms with Gasteiger partial charge in [-0.1, -0.05) is 18.2 Å². The van der Waals surface area contributed by atoms with E-state index in [1.165, 1.54) is 0 Å². The third-order valence-electron chi connectivity index (χ3n) is 2.86. The van der Waals surface area contributed by atoms with Crippen LogP contribution in [0.3, 0.4) is 0 Å². The Morgan fingerprint density at radius 1 is 0.900 bits per heavy atom. The first-order valence-corrected chi connectivity index (χ1v) is 6.01. The Bertz CT molecular complexity index is 780. The number of azo groups is 1. The Balaban J connectivity index is 2.13. The molecule has 3 rings (SSSR count). The van der Waals surface area contributed by atoms with Gasteiger partial charge in [0.15, 0.2) is 5.82 Å². The minimum atomic E-state index is 0.00258. The van der Waals surface area contributed by atoms with Crippen LogP contribution in [0.5, 0.6) is 11.5 Å². The first kappa shape index (κ1) is 12.1. The van der Waals surface area contributed by atoms with Crippen LogP contribution in [0.15, 0.2) is 65.0 Å². The van der Waals surface area contributed by atoms with Crippen molar-refractivity contribution in [2.45, 2.75) is 0 Å². The number of aromatic nitrogens is 1. The highest BCUT2D eigenvalue weighted by Crippen LogP contribution is 2.37. The fourth-order valence-electron chi connectivity index (χ4n) is 1.90. The second kappa shape index (κ2) is 4.97. The Kier molecular flexibility index (Phi) is 3.01. The summed E-state index contributed by atoms with van der Waals surface area (Å²) in [6, 6.07) is 13.5. The molecule has 1 aromatic heterocycles. The molecular formula is C15H11N3O2. The van der Waals surface area contributed by atoms with Gasteiger partial charge in [-0.2, -0.15) is 0 Å². The SMILES string of the molecule is Oc1ccc2ccc(O)c(/N=N/c3ccccn3)c2c1. The van der Waals surface area contributed by atoms with Gasteiger partial charge in [-0.3, -0.25) is 0 Å². The quantitative estimate of drug-likeness (QED) is 0.686. The van der Waals surface area contributed by atoms with Gasteiger partial charge in [-0.25, -0.2) is 4.98 Å². The fourth-order valence-corrected chi connectivity index (χ4v) is 1.90. The van der Waals surface area contributed by atoms with Crippen molar-refractivity contribution in [3.05, 3.63) is 54.7 Å².